The van der Waals surface area contributed by atoms with Crippen LogP contribution in [0.1, 0.15) is 32.1 Å². The Balaban J connectivity index is 0.000000253. The van der Waals surface area contributed by atoms with E-state index in [1.165, 1.54) is 32.1 Å². The first-order valence-electron chi connectivity index (χ1n) is 7.66. The Morgan fingerprint density at radius 2 is 1.30 bits per heavy atom. The Kier molecular flexibility index (Phi) is 7.71. The summed E-state index contributed by atoms with van der Waals surface area (Å²) in [5.41, 5.74) is 0. The second-order valence-electron chi connectivity index (χ2n) is 6.33. The molecule has 23 heavy (non-hydrogen) atoms. The van der Waals surface area contributed by atoms with E-state index in [1.54, 1.807) is 0 Å². The lowest BCUT2D eigenvalue weighted by atomic mass is 9.92. The van der Waals surface area contributed by atoms with Crippen molar-refractivity contribution in [1.29, 1.82) is 0 Å². The molecule has 0 unspecified atom stereocenters. The third-order valence-corrected chi connectivity index (χ3v) is 7.13. The van der Waals surface area contributed by atoms with Crippen molar-refractivity contribution in [1.82, 2.24) is 10.2 Å². The molecule has 0 radical (unpaired) electrons. The highest BCUT2D eigenvalue weighted by Gasteiger charge is 2.38. The van der Waals surface area contributed by atoms with Crippen molar-refractivity contribution in [3.05, 3.63) is 0 Å². The number of rotatable bonds is 3. The van der Waals surface area contributed by atoms with Crippen molar-refractivity contribution in [2.24, 2.45) is 10.3 Å². The number of hydrogen-bond donors (Lipinski definition) is 3. The maximum atomic E-state index is 11.0. The molecule has 3 aliphatic rings. The molecule has 138 valence electrons. The molecular weight excluding hydrogens is 364 g/mol. The van der Waals surface area contributed by atoms with E-state index in [1.807, 2.05) is 0 Å². The monoisotopic (exact) mass is 390 g/mol. The Morgan fingerprint density at radius 1 is 0.826 bits per heavy atom. The van der Waals surface area contributed by atoms with E-state index in [4.69, 9.17) is 10.3 Å². The summed E-state index contributed by atoms with van der Waals surface area (Å²) < 4.78 is 42.7. The first-order chi connectivity index (χ1) is 10.2. The van der Waals surface area contributed by atoms with Crippen LogP contribution in [-0.2, 0) is 20.0 Å². The zero-order valence-electron chi connectivity index (χ0n) is 13.1. The lowest BCUT2D eigenvalue weighted by molar-refractivity contribution is 0.0944. The van der Waals surface area contributed by atoms with Crippen LogP contribution in [0.15, 0.2) is 0 Å². The molecule has 0 aromatic rings. The van der Waals surface area contributed by atoms with Gasteiger partial charge in [-0.2, -0.15) is 0 Å². The number of primary sulfonamides is 2. The largest absolute Gasteiger partial charge is 0.314 e. The Morgan fingerprint density at radius 3 is 1.61 bits per heavy atom. The van der Waals surface area contributed by atoms with Gasteiger partial charge in [0, 0.05) is 32.2 Å². The molecule has 3 fully saturated rings. The van der Waals surface area contributed by atoms with Gasteiger partial charge in [-0.3, -0.25) is 4.90 Å². The molecule has 2 aliphatic heterocycles. The first-order valence-corrected chi connectivity index (χ1v) is 10.9. The van der Waals surface area contributed by atoms with E-state index in [2.05, 4.69) is 10.2 Å². The molecule has 8 nitrogen and oxygen atoms in total. The number of likely N-dealkylation sites (tertiary alicyclic amines) is 1. The molecule has 0 atom stereocenters. The van der Waals surface area contributed by atoms with Crippen LogP contribution in [0.3, 0.4) is 0 Å². The van der Waals surface area contributed by atoms with Gasteiger partial charge in [-0.25, -0.2) is 27.1 Å². The van der Waals surface area contributed by atoms with E-state index in [0.29, 0.717) is 32.2 Å². The van der Waals surface area contributed by atoms with Gasteiger partial charge in [-0.05, 0) is 12.8 Å². The van der Waals surface area contributed by atoms with Crippen molar-refractivity contribution in [2.75, 3.05) is 26.2 Å². The maximum Gasteiger partial charge on any atom is 0.214 e. The summed E-state index contributed by atoms with van der Waals surface area (Å²) in [4.78, 5) is 2.27. The number of halogens is 1. The summed E-state index contributed by atoms with van der Waals surface area (Å²) in [5.74, 6) is 0. The van der Waals surface area contributed by atoms with Crippen LogP contribution < -0.4 is 15.6 Å². The van der Waals surface area contributed by atoms with Crippen molar-refractivity contribution in [3.63, 3.8) is 0 Å². The van der Waals surface area contributed by atoms with E-state index in [-0.39, 0.29) is 22.9 Å². The van der Waals surface area contributed by atoms with Crippen LogP contribution in [0.4, 0.5) is 0 Å². The van der Waals surface area contributed by atoms with Gasteiger partial charge >= 0.3 is 0 Å². The Hall–Kier alpha value is 0.0300. The fourth-order valence-electron chi connectivity index (χ4n) is 2.92. The highest BCUT2D eigenvalue weighted by molar-refractivity contribution is 7.90. The van der Waals surface area contributed by atoms with Crippen LogP contribution in [-0.4, -0.2) is 64.5 Å². The normalized spacial score (nSPS) is 24.6. The van der Waals surface area contributed by atoms with Gasteiger partial charge in [0.15, 0.2) is 0 Å². The second kappa shape index (κ2) is 8.41. The molecule has 0 spiro atoms. The van der Waals surface area contributed by atoms with E-state index < -0.39 is 20.0 Å². The van der Waals surface area contributed by atoms with Crippen LogP contribution >= 0.6 is 12.4 Å². The molecule has 3 rings (SSSR count). The van der Waals surface area contributed by atoms with Crippen LogP contribution in [0.2, 0.25) is 0 Å². The quantitative estimate of drug-likeness (QED) is 0.563. The molecule has 0 bridgehead atoms. The van der Waals surface area contributed by atoms with E-state index >= 15 is 0 Å². The van der Waals surface area contributed by atoms with Gasteiger partial charge in [0.1, 0.15) is 5.25 Å². The van der Waals surface area contributed by atoms with Gasteiger partial charge in [0.05, 0.1) is 5.25 Å². The van der Waals surface area contributed by atoms with Crippen LogP contribution in [0, 0.1) is 0 Å². The second-order valence-corrected chi connectivity index (χ2v) is 10.0. The minimum Gasteiger partial charge on any atom is -0.314 e. The molecular formula is C12H27ClN4O4S2. The number of nitrogens with one attached hydrogen (secondary N) is 1. The highest BCUT2D eigenvalue weighted by atomic mass is 35.5. The first kappa shape index (κ1) is 21.1. The molecule has 0 aromatic carbocycles. The maximum absolute atomic E-state index is 11.0. The summed E-state index contributed by atoms with van der Waals surface area (Å²) in [5, 5.41) is 12.0. The van der Waals surface area contributed by atoms with E-state index in [9.17, 15) is 16.8 Å². The number of nitrogens with two attached hydrogens (primary N) is 2. The zero-order chi connectivity index (χ0) is 16.4. The fourth-order valence-corrected chi connectivity index (χ4v) is 4.42. The van der Waals surface area contributed by atoms with Gasteiger partial charge in [0.2, 0.25) is 20.0 Å². The standard InChI is InChI=1S/C9H18N2O2S.C3H8N2O2S.ClH/c10-14(12,13)9-6-11(7-9)8-4-2-1-3-5-8;4-8(6,7)3-1-5-2-3;/h8-9H,1-7H2,(H2,10,12,13);3,5H,1-2H2,(H2,4,6,7);1H. The summed E-state index contributed by atoms with van der Waals surface area (Å²) >= 11 is 0. The van der Waals surface area contributed by atoms with Crippen molar-refractivity contribution >= 4 is 32.5 Å². The smallest absolute Gasteiger partial charge is 0.214 e. The predicted molar refractivity (Wildman–Crippen MR) is 92.4 cm³/mol. The summed E-state index contributed by atoms with van der Waals surface area (Å²) in [7, 11) is -6.51. The Bertz CT molecular complexity index is 568. The number of hydrogen-bond acceptors (Lipinski definition) is 6. The summed E-state index contributed by atoms with van der Waals surface area (Å²) in [6, 6.07) is 0.627. The molecule has 1 aliphatic carbocycles. The average molecular weight is 391 g/mol. The van der Waals surface area contributed by atoms with Crippen LogP contribution in [0.25, 0.3) is 0 Å². The van der Waals surface area contributed by atoms with Crippen molar-refractivity contribution in [2.45, 2.75) is 48.6 Å². The third-order valence-electron chi connectivity index (χ3n) is 4.64. The molecule has 0 aromatic heterocycles. The molecule has 5 N–H and O–H groups in total. The van der Waals surface area contributed by atoms with Crippen molar-refractivity contribution in [3.8, 4) is 0 Å². The van der Waals surface area contributed by atoms with Gasteiger partial charge in [-0.1, -0.05) is 19.3 Å². The summed E-state index contributed by atoms with van der Waals surface area (Å²) in [6.07, 6.45) is 6.39. The SMILES string of the molecule is Cl.NS(=O)(=O)C1CN(C2CCCCC2)C1.NS(=O)(=O)C1CNC1. The lowest BCUT2D eigenvalue weighted by Crippen LogP contribution is -2.60. The Labute approximate surface area is 144 Å². The molecule has 0 amide bonds. The van der Waals surface area contributed by atoms with Crippen molar-refractivity contribution < 1.29 is 16.8 Å². The molecule has 11 heteroatoms. The third kappa shape index (κ3) is 6.11. The fraction of sp³-hybridized carbons (Fsp3) is 1.00. The highest BCUT2D eigenvalue weighted by Crippen LogP contribution is 2.27. The molecule has 1 saturated carbocycles. The van der Waals surface area contributed by atoms with E-state index in [0.717, 1.165) is 0 Å². The van der Waals surface area contributed by atoms with Crippen LogP contribution in [0.5, 0.6) is 0 Å². The zero-order valence-corrected chi connectivity index (χ0v) is 15.5. The van der Waals surface area contributed by atoms with Gasteiger partial charge in [-0.15, -0.1) is 12.4 Å². The number of nitrogens with zero attached hydrogens (tertiary/aromatic N) is 1. The lowest BCUT2D eigenvalue weighted by Gasteiger charge is -2.44. The summed E-state index contributed by atoms with van der Waals surface area (Å²) in [6.45, 7) is 2.34. The van der Waals surface area contributed by atoms with Gasteiger partial charge < -0.3 is 5.32 Å². The number of sulfonamides is 2. The van der Waals surface area contributed by atoms with Gasteiger partial charge in [0.25, 0.3) is 0 Å². The molecule has 2 saturated heterocycles. The molecule has 2 heterocycles. The minimum absolute atomic E-state index is 0. The topological polar surface area (TPSA) is 136 Å². The average Bonchev–Trinajstić information content (AvgIpc) is 2.22. The minimum atomic E-state index is -3.28. The predicted octanol–water partition coefficient (Wildman–Crippen LogP) is -1.04.